The summed E-state index contributed by atoms with van der Waals surface area (Å²) in [5.41, 5.74) is 1.26. The zero-order chi connectivity index (χ0) is 15.8. The third kappa shape index (κ3) is 2.96. The van der Waals surface area contributed by atoms with Gasteiger partial charge in [-0.15, -0.1) is 0 Å². The van der Waals surface area contributed by atoms with E-state index >= 15 is 0 Å². The summed E-state index contributed by atoms with van der Waals surface area (Å²) in [6.07, 6.45) is 10.3. The summed E-state index contributed by atoms with van der Waals surface area (Å²) in [7, 11) is 1.96. The summed E-state index contributed by atoms with van der Waals surface area (Å²) < 4.78 is 1.86. The van der Waals surface area contributed by atoms with E-state index in [1.165, 1.54) is 37.7 Å². The molecule has 1 saturated carbocycles. The van der Waals surface area contributed by atoms with Gasteiger partial charge in [0.05, 0.1) is 12.2 Å². The van der Waals surface area contributed by atoms with Crippen molar-refractivity contribution in [1.82, 2.24) is 24.5 Å². The second kappa shape index (κ2) is 6.15. The number of hydrogen-bond acceptors (Lipinski definition) is 3. The van der Waals surface area contributed by atoms with Crippen LogP contribution in [-0.4, -0.2) is 68.8 Å². The standard InChI is InChI=1S/C17H27N5O/c1-19-10-14(9-18-19)11-20-7-8-21-16(12-20)13-22(17(21)23)15-5-3-2-4-6-15/h9-10,15-16H,2-8,11-13H2,1H3/t16-/m1/s1. The maximum Gasteiger partial charge on any atom is 0.320 e. The minimum absolute atomic E-state index is 0.294. The average molecular weight is 317 g/mol. The molecule has 0 bridgehead atoms. The molecule has 1 aliphatic carbocycles. The molecule has 1 aromatic heterocycles. The van der Waals surface area contributed by atoms with Crippen molar-refractivity contribution in [3.63, 3.8) is 0 Å². The number of nitrogens with zero attached hydrogens (tertiary/aromatic N) is 5. The van der Waals surface area contributed by atoms with E-state index in [0.29, 0.717) is 18.1 Å². The molecule has 4 rings (SSSR count). The Labute approximate surface area is 138 Å². The molecule has 6 nitrogen and oxygen atoms in total. The van der Waals surface area contributed by atoms with Crippen LogP contribution in [0.15, 0.2) is 12.4 Å². The lowest BCUT2D eigenvalue weighted by Crippen LogP contribution is -2.51. The smallest absolute Gasteiger partial charge is 0.320 e. The number of fused-ring (bicyclic) bond motifs is 1. The Bertz CT molecular complexity index is 565. The lowest BCUT2D eigenvalue weighted by Gasteiger charge is -2.36. The quantitative estimate of drug-likeness (QED) is 0.852. The summed E-state index contributed by atoms with van der Waals surface area (Å²) in [6.45, 7) is 4.69. The zero-order valence-electron chi connectivity index (χ0n) is 14.0. The Hall–Kier alpha value is -1.56. The molecule has 3 heterocycles. The normalized spacial score (nSPS) is 26.8. The fourth-order valence-electron chi connectivity index (χ4n) is 4.45. The largest absolute Gasteiger partial charge is 0.320 e. The molecule has 2 aliphatic heterocycles. The van der Waals surface area contributed by atoms with Crippen molar-refractivity contribution < 1.29 is 4.79 Å². The second-order valence-corrected chi connectivity index (χ2v) is 7.33. The van der Waals surface area contributed by atoms with E-state index in [0.717, 1.165) is 32.7 Å². The van der Waals surface area contributed by atoms with Crippen molar-refractivity contribution in [3.8, 4) is 0 Å². The summed E-state index contributed by atoms with van der Waals surface area (Å²) in [5, 5.41) is 4.25. The first kappa shape index (κ1) is 15.0. The first-order valence-corrected chi connectivity index (χ1v) is 8.98. The maximum atomic E-state index is 12.7. The molecule has 0 spiro atoms. The van der Waals surface area contributed by atoms with Crippen molar-refractivity contribution >= 4 is 6.03 Å². The van der Waals surface area contributed by atoms with Gasteiger partial charge in [-0.05, 0) is 12.8 Å². The molecule has 0 N–H and O–H groups in total. The highest BCUT2D eigenvalue weighted by Crippen LogP contribution is 2.29. The van der Waals surface area contributed by atoms with Crippen molar-refractivity contribution in [2.45, 2.75) is 50.7 Å². The maximum absolute atomic E-state index is 12.7. The van der Waals surface area contributed by atoms with E-state index in [4.69, 9.17) is 0 Å². The number of carbonyl (C=O) groups excluding carboxylic acids is 1. The van der Waals surface area contributed by atoms with Gasteiger partial charge in [0.15, 0.2) is 0 Å². The first-order chi connectivity index (χ1) is 11.2. The van der Waals surface area contributed by atoms with E-state index in [1.54, 1.807) is 0 Å². The van der Waals surface area contributed by atoms with E-state index < -0.39 is 0 Å². The van der Waals surface area contributed by atoms with Crippen LogP contribution in [0, 0.1) is 0 Å². The average Bonchev–Trinajstić information content (AvgIpc) is 3.12. The minimum atomic E-state index is 0.294. The Balaban J connectivity index is 1.38. The summed E-state index contributed by atoms with van der Waals surface area (Å²) in [4.78, 5) is 19.5. The van der Waals surface area contributed by atoms with Crippen LogP contribution < -0.4 is 0 Å². The van der Waals surface area contributed by atoms with Gasteiger partial charge in [-0.2, -0.15) is 5.10 Å². The van der Waals surface area contributed by atoms with Crippen molar-refractivity contribution in [2.75, 3.05) is 26.2 Å². The van der Waals surface area contributed by atoms with Crippen molar-refractivity contribution in [1.29, 1.82) is 0 Å². The van der Waals surface area contributed by atoms with Crippen LogP contribution in [-0.2, 0) is 13.6 Å². The molecule has 1 atom stereocenters. The number of amides is 2. The third-order valence-electron chi connectivity index (χ3n) is 5.65. The molecular formula is C17H27N5O. The SMILES string of the molecule is Cn1cc(CN2CCN3C(=O)N(C4CCCCC4)C[C@H]3C2)cn1. The molecule has 2 amide bonds. The number of hydrogen-bond donors (Lipinski definition) is 0. The Morgan fingerprint density at radius 3 is 2.65 bits per heavy atom. The Morgan fingerprint density at radius 1 is 1.09 bits per heavy atom. The molecule has 0 aromatic carbocycles. The Kier molecular flexibility index (Phi) is 4.01. The summed E-state index contributed by atoms with van der Waals surface area (Å²) in [5.74, 6) is 0. The molecule has 6 heteroatoms. The predicted octanol–water partition coefficient (Wildman–Crippen LogP) is 1.67. The van der Waals surface area contributed by atoms with Crippen LogP contribution in [0.3, 0.4) is 0 Å². The molecule has 0 radical (unpaired) electrons. The fraction of sp³-hybridized carbons (Fsp3) is 0.765. The van der Waals surface area contributed by atoms with Crippen LogP contribution in [0.5, 0.6) is 0 Å². The third-order valence-corrected chi connectivity index (χ3v) is 5.65. The lowest BCUT2D eigenvalue weighted by atomic mass is 9.94. The Morgan fingerprint density at radius 2 is 1.91 bits per heavy atom. The van der Waals surface area contributed by atoms with Gasteiger partial charge in [0.25, 0.3) is 0 Å². The van der Waals surface area contributed by atoms with Crippen molar-refractivity contribution in [3.05, 3.63) is 18.0 Å². The number of piperazine rings is 1. The molecule has 23 heavy (non-hydrogen) atoms. The van der Waals surface area contributed by atoms with Crippen LogP contribution in [0.4, 0.5) is 4.79 Å². The van der Waals surface area contributed by atoms with Crippen LogP contribution >= 0.6 is 0 Å². The summed E-state index contributed by atoms with van der Waals surface area (Å²) in [6, 6.07) is 1.16. The highest BCUT2D eigenvalue weighted by Gasteiger charge is 2.43. The molecule has 2 saturated heterocycles. The minimum Gasteiger partial charge on any atom is -0.320 e. The number of aromatic nitrogens is 2. The van der Waals surface area contributed by atoms with E-state index in [-0.39, 0.29) is 0 Å². The van der Waals surface area contributed by atoms with Gasteiger partial charge < -0.3 is 9.80 Å². The molecule has 126 valence electrons. The topological polar surface area (TPSA) is 44.6 Å². The first-order valence-electron chi connectivity index (χ1n) is 8.98. The highest BCUT2D eigenvalue weighted by molar-refractivity contribution is 5.77. The van der Waals surface area contributed by atoms with Crippen molar-refractivity contribution in [2.24, 2.45) is 7.05 Å². The van der Waals surface area contributed by atoms with Crippen LogP contribution in [0.25, 0.3) is 0 Å². The molecule has 3 aliphatic rings. The molecular weight excluding hydrogens is 290 g/mol. The van der Waals surface area contributed by atoms with Crippen LogP contribution in [0.1, 0.15) is 37.7 Å². The van der Waals surface area contributed by atoms with Gasteiger partial charge in [0, 0.05) is 57.6 Å². The van der Waals surface area contributed by atoms with Gasteiger partial charge in [0.1, 0.15) is 0 Å². The molecule has 3 fully saturated rings. The summed E-state index contributed by atoms with van der Waals surface area (Å²) >= 11 is 0. The second-order valence-electron chi connectivity index (χ2n) is 7.33. The molecule has 0 unspecified atom stereocenters. The lowest BCUT2D eigenvalue weighted by molar-refractivity contribution is 0.116. The van der Waals surface area contributed by atoms with E-state index in [1.807, 2.05) is 17.9 Å². The molecule has 1 aromatic rings. The number of aryl methyl sites for hydroxylation is 1. The van der Waals surface area contributed by atoms with Gasteiger partial charge in [-0.25, -0.2) is 4.79 Å². The number of rotatable bonds is 3. The number of carbonyl (C=O) groups is 1. The highest BCUT2D eigenvalue weighted by atomic mass is 16.2. The van der Waals surface area contributed by atoms with E-state index in [9.17, 15) is 4.79 Å². The van der Waals surface area contributed by atoms with Gasteiger partial charge in [0.2, 0.25) is 0 Å². The fourth-order valence-corrected chi connectivity index (χ4v) is 4.45. The number of urea groups is 1. The predicted molar refractivity (Wildman–Crippen MR) is 88.0 cm³/mol. The van der Waals surface area contributed by atoms with Crippen LogP contribution in [0.2, 0.25) is 0 Å². The van der Waals surface area contributed by atoms with Gasteiger partial charge in [-0.1, -0.05) is 19.3 Å². The van der Waals surface area contributed by atoms with Gasteiger partial charge >= 0.3 is 6.03 Å². The monoisotopic (exact) mass is 317 g/mol. The van der Waals surface area contributed by atoms with E-state index in [2.05, 4.69) is 26.0 Å². The zero-order valence-corrected chi connectivity index (χ0v) is 14.0. The van der Waals surface area contributed by atoms with Gasteiger partial charge in [-0.3, -0.25) is 9.58 Å².